The monoisotopic (exact) mass is 369 g/mol. The molecule has 0 radical (unpaired) electrons. The second-order valence-corrected chi connectivity index (χ2v) is 6.77. The molecule has 0 bridgehead atoms. The molecule has 26 heavy (non-hydrogen) atoms. The van der Waals surface area contributed by atoms with Crippen molar-refractivity contribution in [2.75, 3.05) is 9.91 Å². The van der Waals surface area contributed by atoms with Crippen LogP contribution in [0.1, 0.15) is 26.7 Å². The zero-order valence-electron chi connectivity index (χ0n) is 14.7. The van der Waals surface area contributed by atoms with Crippen LogP contribution >= 0.6 is 11.6 Å². The van der Waals surface area contributed by atoms with Gasteiger partial charge in [-0.1, -0.05) is 29.8 Å². The average Bonchev–Trinajstić information content (AvgIpc) is 2.64. The van der Waals surface area contributed by atoms with E-state index in [0.29, 0.717) is 22.8 Å². The third kappa shape index (κ3) is 3.78. The van der Waals surface area contributed by atoms with Gasteiger partial charge in [-0.05, 0) is 50.2 Å². The molecule has 5 nitrogen and oxygen atoms in total. The minimum atomic E-state index is -0.198. The summed E-state index contributed by atoms with van der Waals surface area (Å²) in [6.45, 7) is 3.88. The molecule has 1 aliphatic heterocycles. The molecule has 134 valence electrons. The number of benzene rings is 2. The highest BCUT2D eigenvalue weighted by atomic mass is 35.5. The number of carbonyl (C=O) groups is 2. The molecule has 0 aromatic heterocycles. The van der Waals surface area contributed by atoms with Gasteiger partial charge in [0.15, 0.2) is 0 Å². The van der Waals surface area contributed by atoms with Gasteiger partial charge in [0.1, 0.15) is 5.71 Å². The number of halogens is 1. The summed E-state index contributed by atoms with van der Waals surface area (Å²) >= 11 is 5.96. The number of hydrogen-bond acceptors (Lipinski definition) is 3. The number of carbonyl (C=O) groups excluding carboxylic acids is 2. The Morgan fingerprint density at radius 1 is 1.08 bits per heavy atom. The molecule has 0 saturated carbocycles. The molecule has 0 aliphatic carbocycles. The van der Waals surface area contributed by atoms with Crippen LogP contribution in [0, 0.1) is 0 Å². The van der Waals surface area contributed by atoms with Crippen LogP contribution in [0.15, 0.2) is 59.7 Å². The lowest BCUT2D eigenvalue weighted by atomic mass is 10.1. The SMILES string of the molecule is CC(C)N(C(=O)C1=NN(c2ccccc2)C(=O)CC1)c1ccc(Cl)cc1. The van der Waals surface area contributed by atoms with Gasteiger partial charge in [-0.15, -0.1) is 0 Å². The number of hydrogen-bond donors (Lipinski definition) is 0. The summed E-state index contributed by atoms with van der Waals surface area (Å²) in [5, 5.41) is 6.29. The number of anilines is 2. The Morgan fingerprint density at radius 3 is 2.35 bits per heavy atom. The van der Waals surface area contributed by atoms with Crippen molar-refractivity contribution in [1.29, 1.82) is 0 Å². The van der Waals surface area contributed by atoms with E-state index in [1.807, 2.05) is 44.2 Å². The molecule has 0 saturated heterocycles. The molecule has 3 rings (SSSR count). The van der Waals surface area contributed by atoms with Crippen molar-refractivity contribution in [3.8, 4) is 0 Å². The first-order chi connectivity index (χ1) is 12.5. The van der Waals surface area contributed by atoms with E-state index in [2.05, 4.69) is 5.10 Å². The van der Waals surface area contributed by atoms with Gasteiger partial charge < -0.3 is 4.90 Å². The quantitative estimate of drug-likeness (QED) is 0.808. The van der Waals surface area contributed by atoms with Gasteiger partial charge in [-0.3, -0.25) is 9.59 Å². The number of rotatable bonds is 4. The number of amides is 2. The third-order valence-corrected chi connectivity index (χ3v) is 4.37. The van der Waals surface area contributed by atoms with Crippen molar-refractivity contribution in [3.63, 3.8) is 0 Å². The molecule has 1 aliphatic rings. The third-order valence-electron chi connectivity index (χ3n) is 4.12. The number of hydrazone groups is 1. The molecule has 1 heterocycles. The van der Waals surface area contributed by atoms with E-state index in [9.17, 15) is 9.59 Å². The van der Waals surface area contributed by atoms with E-state index in [0.717, 1.165) is 5.69 Å². The largest absolute Gasteiger partial charge is 0.305 e. The zero-order valence-corrected chi connectivity index (χ0v) is 15.5. The summed E-state index contributed by atoms with van der Waals surface area (Å²) in [5.41, 5.74) is 1.78. The van der Waals surface area contributed by atoms with Crippen LogP contribution in [0.4, 0.5) is 11.4 Å². The Bertz CT molecular complexity index is 832. The fourth-order valence-electron chi connectivity index (χ4n) is 2.87. The lowest BCUT2D eigenvalue weighted by molar-refractivity contribution is -0.118. The molecule has 2 aromatic rings. The predicted molar refractivity (Wildman–Crippen MR) is 105 cm³/mol. The first-order valence-electron chi connectivity index (χ1n) is 8.52. The van der Waals surface area contributed by atoms with E-state index in [4.69, 9.17) is 11.6 Å². The van der Waals surface area contributed by atoms with Gasteiger partial charge >= 0.3 is 0 Å². The Hall–Kier alpha value is -2.66. The maximum Gasteiger partial charge on any atom is 0.274 e. The van der Waals surface area contributed by atoms with Crippen molar-refractivity contribution in [3.05, 3.63) is 59.6 Å². The van der Waals surface area contributed by atoms with Crippen molar-refractivity contribution in [2.45, 2.75) is 32.7 Å². The first-order valence-corrected chi connectivity index (χ1v) is 8.90. The van der Waals surface area contributed by atoms with Crippen molar-refractivity contribution >= 4 is 40.5 Å². The summed E-state index contributed by atoms with van der Waals surface area (Å²) < 4.78 is 0. The fourth-order valence-corrected chi connectivity index (χ4v) is 2.99. The Balaban J connectivity index is 1.93. The van der Waals surface area contributed by atoms with Crippen molar-refractivity contribution < 1.29 is 9.59 Å². The Labute approximate surface area is 157 Å². The summed E-state index contributed by atoms with van der Waals surface area (Å²) in [5.74, 6) is -0.314. The standard InChI is InChI=1S/C20H20ClN3O2/c1-14(2)23(16-10-8-15(21)9-11-16)20(26)18-12-13-19(25)24(22-18)17-6-4-3-5-7-17/h3-11,14H,12-13H2,1-2H3. The highest BCUT2D eigenvalue weighted by molar-refractivity contribution is 6.45. The second kappa shape index (κ2) is 7.70. The first kappa shape index (κ1) is 18.1. The lowest BCUT2D eigenvalue weighted by Gasteiger charge is -2.30. The molecule has 2 amide bonds. The van der Waals surface area contributed by atoms with Crippen LogP contribution in [-0.4, -0.2) is 23.6 Å². The van der Waals surface area contributed by atoms with Crippen LogP contribution in [0.3, 0.4) is 0 Å². The van der Waals surface area contributed by atoms with Gasteiger partial charge in [-0.2, -0.15) is 5.10 Å². The molecule has 0 spiro atoms. The van der Waals surface area contributed by atoms with E-state index in [1.54, 1.807) is 29.2 Å². The highest BCUT2D eigenvalue weighted by Gasteiger charge is 2.30. The summed E-state index contributed by atoms with van der Waals surface area (Å²) in [6, 6.07) is 16.2. The lowest BCUT2D eigenvalue weighted by Crippen LogP contribution is -2.44. The van der Waals surface area contributed by atoms with E-state index < -0.39 is 0 Å². The van der Waals surface area contributed by atoms with Gasteiger partial charge in [0.05, 0.1) is 5.69 Å². The van der Waals surface area contributed by atoms with Crippen molar-refractivity contribution in [2.24, 2.45) is 5.10 Å². The van der Waals surface area contributed by atoms with E-state index >= 15 is 0 Å². The highest BCUT2D eigenvalue weighted by Crippen LogP contribution is 2.24. The molecule has 0 unspecified atom stereocenters. The minimum absolute atomic E-state index is 0.0609. The molecule has 6 heteroatoms. The second-order valence-electron chi connectivity index (χ2n) is 6.33. The zero-order chi connectivity index (χ0) is 18.7. The van der Waals surface area contributed by atoms with Crippen LogP contribution in [-0.2, 0) is 9.59 Å². The molecule has 2 aromatic carbocycles. The smallest absolute Gasteiger partial charge is 0.274 e. The van der Waals surface area contributed by atoms with E-state index in [-0.39, 0.29) is 24.3 Å². The van der Waals surface area contributed by atoms with Gasteiger partial charge in [0.2, 0.25) is 5.91 Å². The van der Waals surface area contributed by atoms with Crippen molar-refractivity contribution in [1.82, 2.24) is 0 Å². The van der Waals surface area contributed by atoms with Crippen LogP contribution in [0.5, 0.6) is 0 Å². The Kier molecular flexibility index (Phi) is 5.38. The minimum Gasteiger partial charge on any atom is -0.305 e. The molecular weight excluding hydrogens is 350 g/mol. The molecule has 0 atom stereocenters. The predicted octanol–water partition coefficient (Wildman–Crippen LogP) is 4.26. The summed E-state index contributed by atoms with van der Waals surface area (Å²) in [7, 11) is 0. The normalized spacial score (nSPS) is 14.4. The van der Waals surface area contributed by atoms with Crippen LogP contribution < -0.4 is 9.91 Å². The molecular formula is C20H20ClN3O2. The number of para-hydroxylation sites is 1. The van der Waals surface area contributed by atoms with Gasteiger partial charge in [0.25, 0.3) is 5.91 Å². The fraction of sp³-hybridized carbons (Fsp3) is 0.250. The van der Waals surface area contributed by atoms with E-state index in [1.165, 1.54) is 5.01 Å². The van der Waals surface area contributed by atoms with Gasteiger partial charge in [-0.25, -0.2) is 5.01 Å². The maximum atomic E-state index is 13.1. The average molecular weight is 370 g/mol. The van der Waals surface area contributed by atoms with Crippen LogP contribution in [0.25, 0.3) is 0 Å². The molecule has 0 N–H and O–H groups in total. The van der Waals surface area contributed by atoms with Crippen LogP contribution in [0.2, 0.25) is 5.02 Å². The summed E-state index contributed by atoms with van der Waals surface area (Å²) in [6.07, 6.45) is 0.587. The van der Waals surface area contributed by atoms with Gasteiger partial charge in [0, 0.05) is 29.6 Å². The Morgan fingerprint density at radius 2 is 1.73 bits per heavy atom. The summed E-state index contributed by atoms with van der Waals surface area (Å²) in [4.78, 5) is 27.1. The topological polar surface area (TPSA) is 53.0 Å². The maximum absolute atomic E-state index is 13.1. The molecule has 0 fully saturated rings. The number of nitrogens with zero attached hydrogens (tertiary/aromatic N) is 3.